The van der Waals surface area contributed by atoms with Crippen LogP contribution in [0.5, 0.6) is 11.5 Å². The highest BCUT2D eigenvalue weighted by Crippen LogP contribution is 2.64. The fraction of sp³-hybridized carbons (Fsp3) is 0.0625. The number of aromatic nitrogens is 3. The molecule has 0 amide bonds. The predicted molar refractivity (Wildman–Crippen MR) is 210 cm³/mol. The number of para-hydroxylation sites is 3. The first-order valence-electron chi connectivity index (χ1n) is 17.9. The smallest absolute Gasteiger partial charge is 0.167 e. The second-order valence-electron chi connectivity index (χ2n) is 14.1. The number of nitrogens with zero attached hydrogens (tertiary/aromatic N) is 3. The minimum atomic E-state index is -0.675. The Morgan fingerprint density at radius 2 is 1.06 bits per heavy atom. The Bertz CT molecular complexity index is 2880. The number of hydrogen-bond donors (Lipinski definition) is 0. The Hall–Kier alpha value is -6.85. The van der Waals surface area contributed by atoms with Crippen molar-refractivity contribution in [1.82, 2.24) is 15.0 Å². The summed E-state index contributed by atoms with van der Waals surface area (Å²) in [5.74, 6) is 3.32. The summed E-state index contributed by atoms with van der Waals surface area (Å²) in [6.45, 7) is 4.17. The van der Waals surface area contributed by atoms with E-state index < -0.39 is 5.41 Å². The van der Waals surface area contributed by atoms with Crippen molar-refractivity contribution in [3.63, 3.8) is 0 Å². The molecule has 1 aliphatic carbocycles. The van der Waals surface area contributed by atoms with Gasteiger partial charge >= 0.3 is 0 Å². The Labute approximate surface area is 306 Å². The maximum atomic E-state index is 7.03. The van der Waals surface area contributed by atoms with Gasteiger partial charge in [0.15, 0.2) is 17.5 Å². The molecule has 0 bridgehead atoms. The molecule has 1 atom stereocenters. The number of fused-ring (bicyclic) bond motifs is 13. The fourth-order valence-electron chi connectivity index (χ4n) is 8.56. The molecule has 0 radical (unpaired) electrons. The molecule has 5 nitrogen and oxygen atoms in total. The van der Waals surface area contributed by atoms with Gasteiger partial charge in [0.05, 0.1) is 11.0 Å². The van der Waals surface area contributed by atoms with Crippen molar-refractivity contribution >= 4 is 21.9 Å². The molecule has 53 heavy (non-hydrogen) atoms. The van der Waals surface area contributed by atoms with Crippen LogP contribution in [0.25, 0.3) is 67.2 Å². The lowest BCUT2D eigenvalue weighted by atomic mass is 9.65. The highest BCUT2D eigenvalue weighted by atomic mass is 16.5. The van der Waals surface area contributed by atoms with Crippen LogP contribution in [0.2, 0.25) is 0 Å². The Morgan fingerprint density at radius 1 is 0.453 bits per heavy atom. The Kier molecular flexibility index (Phi) is 6.23. The molecule has 7 aromatic carbocycles. The second kappa shape index (κ2) is 11.1. The van der Waals surface area contributed by atoms with E-state index in [1.807, 2.05) is 18.2 Å². The Balaban J connectivity index is 1.22. The number of aryl methyl sites for hydroxylation is 2. The lowest BCUT2D eigenvalue weighted by Gasteiger charge is -2.39. The summed E-state index contributed by atoms with van der Waals surface area (Å²) in [4.78, 5) is 15.3. The normalized spacial score (nSPS) is 15.2. The number of rotatable bonds is 3. The second-order valence-corrected chi connectivity index (χ2v) is 14.1. The van der Waals surface area contributed by atoms with Crippen molar-refractivity contribution in [2.45, 2.75) is 19.3 Å². The SMILES string of the molecule is Cc1ccc(-c2nc(-c3ccc(C)cc3)nc(-c3cccc4c3Oc3ccccc3C43c4ccccc4-c4c3ccc3oc5ccccc5c43)n2)cc1. The molecule has 1 aliphatic heterocycles. The van der Waals surface area contributed by atoms with Gasteiger partial charge in [0.2, 0.25) is 0 Å². The zero-order chi connectivity index (χ0) is 35.3. The average molecular weight is 682 g/mol. The molecular formula is C48H31N3O2. The van der Waals surface area contributed by atoms with E-state index in [9.17, 15) is 0 Å². The van der Waals surface area contributed by atoms with Crippen LogP contribution in [0.3, 0.4) is 0 Å². The molecule has 2 aliphatic rings. The summed E-state index contributed by atoms with van der Waals surface area (Å²) < 4.78 is 13.5. The van der Waals surface area contributed by atoms with Crippen LogP contribution in [0.1, 0.15) is 33.4 Å². The van der Waals surface area contributed by atoms with E-state index in [0.717, 1.165) is 61.3 Å². The summed E-state index contributed by atoms with van der Waals surface area (Å²) in [5, 5.41) is 2.24. The Morgan fingerprint density at radius 3 is 1.81 bits per heavy atom. The van der Waals surface area contributed by atoms with E-state index in [2.05, 4.69) is 147 Å². The molecule has 5 heteroatoms. The summed E-state index contributed by atoms with van der Waals surface area (Å²) in [6.07, 6.45) is 0. The predicted octanol–water partition coefficient (Wildman–Crippen LogP) is 11.9. The molecule has 0 saturated carbocycles. The van der Waals surface area contributed by atoms with Crippen LogP contribution >= 0.6 is 0 Å². The number of furan rings is 1. The van der Waals surface area contributed by atoms with Gasteiger partial charge in [-0.3, -0.25) is 0 Å². The van der Waals surface area contributed by atoms with Crippen LogP contribution in [-0.2, 0) is 5.41 Å². The summed E-state index contributed by atoms with van der Waals surface area (Å²) in [7, 11) is 0. The topological polar surface area (TPSA) is 61.0 Å². The van der Waals surface area contributed by atoms with Crippen molar-refractivity contribution in [3.05, 3.63) is 185 Å². The minimum absolute atomic E-state index is 0.556. The van der Waals surface area contributed by atoms with Crippen LogP contribution in [0.15, 0.2) is 156 Å². The van der Waals surface area contributed by atoms with Crippen LogP contribution in [-0.4, -0.2) is 15.0 Å². The maximum Gasteiger partial charge on any atom is 0.167 e. The third-order valence-corrected chi connectivity index (χ3v) is 11.0. The molecule has 11 rings (SSSR count). The summed E-state index contributed by atoms with van der Waals surface area (Å²) in [6, 6.07) is 53.0. The van der Waals surface area contributed by atoms with Crippen molar-refractivity contribution < 1.29 is 9.15 Å². The molecule has 9 aromatic rings. The first-order chi connectivity index (χ1) is 26.1. The standard InChI is InChI=1S/C48H31N3O2/c1-28-18-22-30(23-19-28)45-49-46(31-24-20-29(2)21-25-31)51-47(50-45)34-12-9-15-38-44(34)53-40-17-8-6-14-36(40)48(38)35-13-5-3-10-32(35)42-37(48)26-27-41-43(42)33-11-4-7-16-39(33)52-41/h3-27H,1-2H3. The average Bonchev–Trinajstić information content (AvgIpc) is 3.72. The maximum absolute atomic E-state index is 7.03. The lowest BCUT2D eigenvalue weighted by molar-refractivity contribution is 0.437. The quantitative estimate of drug-likeness (QED) is 0.186. The van der Waals surface area contributed by atoms with Gasteiger partial charge in [-0.05, 0) is 60.4 Å². The number of benzene rings is 7. The molecule has 0 N–H and O–H groups in total. The van der Waals surface area contributed by atoms with E-state index in [4.69, 9.17) is 24.1 Å². The van der Waals surface area contributed by atoms with E-state index in [0.29, 0.717) is 17.5 Å². The molecule has 2 aromatic heterocycles. The summed E-state index contributed by atoms with van der Waals surface area (Å²) in [5.41, 5.74) is 13.0. The van der Waals surface area contributed by atoms with Gasteiger partial charge in [0, 0.05) is 33.0 Å². The molecule has 3 heterocycles. The zero-order valence-corrected chi connectivity index (χ0v) is 29.1. The van der Waals surface area contributed by atoms with Crippen LogP contribution in [0, 0.1) is 13.8 Å². The van der Waals surface area contributed by atoms with Crippen molar-refractivity contribution in [1.29, 1.82) is 0 Å². The fourth-order valence-corrected chi connectivity index (χ4v) is 8.56. The van der Waals surface area contributed by atoms with Gasteiger partial charge in [0.25, 0.3) is 0 Å². The van der Waals surface area contributed by atoms with Gasteiger partial charge < -0.3 is 9.15 Å². The van der Waals surface area contributed by atoms with Crippen molar-refractivity contribution in [2.75, 3.05) is 0 Å². The number of ether oxygens (including phenoxy) is 1. The molecule has 1 spiro atoms. The van der Waals surface area contributed by atoms with E-state index in [-0.39, 0.29) is 0 Å². The summed E-state index contributed by atoms with van der Waals surface area (Å²) >= 11 is 0. The molecule has 250 valence electrons. The van der Waals surface area contributed by atoms with Crippen LogP contribution < -0.4 is 4.74 Å². The molecule has 0 fully saturated rings. The first kappa shape index (κ1) is 29.8. The van der Waals surface area contributed by atoms with Gasteiger partial charge in [-0.25, -0.2) is 15.0 Å². The van der Waals surface area contributed by atoms with E-state index in [1.54, 1.807) is 0 Å². The first-order valence-corrected chi connectivity index (χ1v) is 17.9. The van der Waals surface area contributed by atoms with E-state index >= 15 is 0 Å². The van der Waals surface area contributed by atoms with E-state index in [1.165, 1.54) is 33.4 Å². The minimum Gasteiger partial charge on any atom is -0.456 e. The third kappa shape index (κ3) is 4.22. The van der Waals surface area contributed by atoms with Crippen molar-refractivity contribution in [2.24, 2.45) is 0 Å². The molecule has 0 saturated heterocycles. The monoisotopic (exact) mass is 681 g/mol. The molecule has 1 unspecified atom stereocenters. The van der Waals surface area contributed by atoms with Crippen molar-refractivity contribution in [3.8, 4) is 56.8 Å². The van der Waals surface area contributed by atoms with Gasteiger partial charge in [-0.1, -0.05) is 139 Å². The van der Waals surface area contributed by atoms with Crippen LogP contribution in [0.4, 0.5) is 0 Å². The van der Waals surface area contributed by atoms with Gasteiger partial charge in [-0.2, -0.15) is 0 Å². The highest BCUT2D eigenvalue weighted by Gasteiger charge is 2.52. The zero-order valence-electron chi connectivity index (χ0n) is 29.1. The highest BCUT2D eigenvalue weighted by molar-refractivity contribution is 6.15. The number of hydrogen-bond acceptors (Lipinski definition) is 5. The van der Waals surface area contributed by atoms with Gasteiger partial charge in [0.1, 0.15) is 22.7 Å². The third-order valence-electron chi connectivity index (χ3n) is 11.0. The van der Waals surface area contributed by atoms with Gasteiger partial charge in [-0.15, -0.1) is 0 Å². The largest absolute Gasteiger partial charge is 0.456 e. The molecular weight excluding hydrogens is 651 g/mol. The lowest BCUT2D eigenvalue weighted by Crippen LogP contribution is -2.32.